The molecule has 3 aromatic rings. The third-order valence-electron chi connectivity index (χ3n) is 8.10. The van der Waals surface area contributed by atoms with E-state index in [4.69, 9.17) is 18.9 Å². The largest absolute Gasteiger partial charge is 0.489 e. The van der Waals surface area contributed by atoms with Crippen LogP contribution in [0.25, 0.3) is 22.3 Å². The zero-order valence-corrected chi connectivity index (χ0v) is 27.1. The number of aliphatic hydroxyl groups excluding tert-OH is 1. The fourth-order valence-corrected chi connectivity index (χ4v) is 5.59. The number of carbonyl (C=O) groups is 2. The van der Waals surface area contributed by atoms with Gasteiger partial charge >= 0.3 is 11.9 Å². The minimum Gasteiger partial charge on any atom is -0.489 e. The van der Waals surface area contributed by atoms with Crippen LogP contribution in [0.1, 0.15) is 69.4 Å². The molecule has 0 unspecified atom stereocenters. The zero-order valence-electron chi connectivity index (χ0n) is 27.1. The van der Waals surface area contributed by atoms with Gasteiger partial charge in [0.25, 0.3) is 0 Å². The second-order valence-electron chi connectivity index (χ2n) is 11.9. The van der Waals surface area contributed by atoms with Gasteiger partial charge in [-0.1, -0.05) is 81.0 Å². The van der Waals surface area contributed by atoms with Crippen molar-refractivity contribution in [3.05, 3.63) is 96.1 Å². The van der Waals surface area contributed by atoms with E-state index in [1.54, 1.807) is 13.8 Å². The predicted molar refractivity (Wildman–Crippen MR) is 181 cm³/mol. The number of esters is 2. The van der Waals surface area contributed by atoms with E-state index < -0.39 is 11.9 Å². The third-order valence-corrected chi connectivity index (χ3v) is 8.10. The Bertz CT molecular complexity index is 1430. The van der Waals surface area contributed by atoms with Crippen LogP contribution >= 0.6 is 0 Å². The molecule has 0 bridgehead atoms. The summed E-state index contributed by atoms with van der Waals surface area (Å²) in [5.74, 6) is 0.798. The summed E-state index contributed by atoms with van der Waals surface area (Å²) in [5.41, 5.74) is 6.64. The fourth-order valence-electron chi connectivity index (χ4n) is 5.59. The monoisotopic (exact) mass is 626 g/mol. The van der Waals surface area contributed by atoms with E-state index in [0.29, 0.717) is 35.0 Å². The molecule has 0 atom stereocenters. The predicted octanol–water partition coefficient (Wildman–Crippen LogP) is 7.99. The van der Waals surface area contributed by atoms with E-state index in [9.17, 15) is 14.7 Å². The molecule has 0 saturated heterocycles. The Balaban J connectivity index is 1.69. The molecule has 3 aromatic carbocycles. The fraction of sp³-hybridized carbons (Fsp3) is 0.385. The summed E-state index contributed by atoms with van der Waals surface area (Å²) in [5, 5.41) is 9.26. The first kappa shape index (κ1) is 34.5. The van der Waals surface area contributed by atoms with Crippen molar-refractivity contribution in [1.82, 2.24) is 0 Å². The first-order valence-corrected chi connectivity index (χ1v) is 16.2. The number of carbonyl (C=O) groups excluding carboxylic acids is 2. The van der Waals surface area contributed by atoms with Crippen molar-refractivity contribution in [3.8, 4) is 33.8 Å². The van der Waals surface area contributed by atoms with Crippen molar-refractivity contribution < 1.29 is 33.6 Å². The highest BCUT2D eigenvalue weighted by Gasteiger charge is 2.19. The molecule has 1 aliphatic rings. The molecule has 0 aliphatic heterocycles. The van der Waals surface area contributed by atoms with Gasteiger partial charge in [0.05, 0.1) is 5.56 Å². The van der Waals surface area contributed by atoms with E-state index in [1.165, 1.54) is 37.7 Å². The molecule has 0 amide bonds. The van der Waals surface area contributed by atoms with Gasteiger partial charge in [-0.15, -0.1) is 0 Å². The van der Waals surface area contributed by atoms with E-state index >= 15 is 0 Å². The van der Waals surface area contributed by atoms with Crippen LogP contribution in [0.5, 0.6) is 11.5 Å². The van der Waals surface area contributed by atoms with Crippen LogP contribution in [0.3, 0.4) is 0 Å². The van der Waals surface area contributed by atoms with Crippen molar-refractivity contribution in [1.29, 1.82) is 0 Å². The minimum absolute atomic E-state index is 0.0542. The molecule has 46 heavy (non-hydrogen) atoms. The highest BCUT2D eigenvalue weighted by Crippen LogP contribution is 2.43. The minimum atomic E-state index is -0.470. The quantitative estimate of drug-likeness (QED) is 0.0979. The maximum Gasteiger partial charge on any atom is 0.333 e. The van der Waals surface area contributed by atoms with Crippen LogP contribution in [-0.2, 0) is 25.5 Å². The first-order valence-electron chi connectivity index (χ1n) is 16.2. The lowest BCUT2D eigenvalue weighted by Crippen LogP contribution is -2.14. The summed E-state index contributed by atoms with van der Waals surface area (Å²) >= 11 is 0. The standard InChI is InChI=1S/C39H46O7/c1-27(2)38(41)45-23-21-43-35-25-34(32-18-16-31(17-19-32)30-10-6-5-7-11-30)26-36(44-22-24-46-39(42)28(3)4)37(35)33-14-12-29(13-15-33)9-8-20-40/h12-19,25-26,30,40H,1,3,5-11,20-24H2,2,4H3. The number of aryl methyl sites for hydroxylation is 1. The summed E-state index contributed by atoms with van der Waals surface area (Å²) < 4.78 is 23.2. The molecular weight excluding hydrogens is 580 g/mol. The molecule has 1 aliphatic carbocycles. The average molecular weight is 627 g/mol. The smallest absolute Gasteiger partial charge is 0.333 e. The van der Waals surface area contributed by atoms with Crippen LogP contribution in [-0.4, -0.2) is 50.1 Å². The van der Waals surface area contributed by atoms with Gasteiger partial charge in [-0.2, -0.15) is 0 Å². The Labute approximate surface area is 272 Å². The number of benzene rings is 3. The third kappa shape index (κ3) is 9.82. The van der Waals surface area contributed by atoms with Crippen molar-refractivity contribution in [3.63, 3.8) is 0 Å². The molecule has 7 nitrogen and oxygen atoms in total. The Morgan fingerprint density at radius 1 is 0.717 bits per heavy atom. The molecule has 0 radical (unpaired) electrons. The maximum atomic E-state index is 12.0. The Morgan fingerprint density at radius 3 is 1.74 bits per heavy atom. The van der Waals surface area contributed by atoms with Crippen molar-refractivity contribution in [2.75, 3.05) is 33.0 Å². The summed E-state index contributed by atoms with van der Waals surface area (Å²) in [6.07, 6.45) is 7.78. The molecule has 1 N–H and O–H groups in total. The second-order valence-corrected chi connectivity index (χ2v) is 11.9. The Kier molecular flexibility index (Phi) is 13.0. The van der Waals surface area contributed by atoms with Gasteiger partial charge in [0.1, 0.15) is 37.9 Å². The van der Waals surface area contributed by atoms with Crippen LogP contribution in [0.2, 0.25) is 0 Å². The van der Waals surface area contributed by atoms with E-state index in [1.807, 2.05) is 36.4 Å². The number of hydrogen-bond acceptors (Lipinski definition) is 7. The second kappa shape index (κ2) is 17.4. The van der Waals surface area contributed by atoms with Crippen LogP contribution in [0.15, 0.2) is 85.0 Å². The molecule has 7 heteroatoms. The van der Waals surface area contributed by atoms with Crippen molar-refractivity contribution in [2.45, 2.75) is 64.7 Å². The lowest BCUT2D eigenvalue weighted by atomic mass is 9.83. The molecule has 0 heterocycles. The summed E-state index contributed by atoms with van der Waals surface area (Å²) in [6, 6.07) is 20.8. The Hall–Kier alpha value is -4.36. The molecule has 4 rings (SSSR count). The van der Waals surface area contributed by atoms with Gasteiger partial charge in [-0.05, 0) is 85.4 Å². The van der Waals surface area contributed by atoms with Gasteiger partial charge in [0.2, 0.25) is 0 Å². The lowest BCUT2D eigenvalue weighted by Gasteiger charge is -2.22. The van der Waals surface area contributed by atoms with Crippen LogP contribution in [0.4, 0.5) is 0 Å². The topological polar surface area (TPSA) is 91.3 Å². The first-order chi connectivity index (χ1) is 22.3. The van der Waals surface area contributed by atoms with Crippen molar-refractivity contribution >= 4 is 11.9 Å². The average Bonchev–Trinajstić information content (AvgIpc) is 3.08. The van der Waals surface area contributed by atoms with Gasteiger partial charge < -0.3 is 24.1 Å². The molecule has 0 aromatic heterocycles. The van der Waals surface area contributed by atoms with E-state index in [0.717, 1.165) is 34.2 Å². The number of rotatable bonds is 16. The van der Waals surface area contributed by atoms with Gasteiger partial charge in [-0.3, -0.25) is 0 Å². The van der Waals surface area contributed by atoms with E-state index in [-0.39, 0.29) is 33.0 Å². The van der Waals surface area contributed by atoms with Gasteiger partial charge in [0.15, 0.2) is 0 Å². The molecular formula is C39H46O7. The summed E-state index contributed by atoms with van der Waals surface area (Å²) in [7, 11) is 0. The molecule has 1 saturated carbocycles. The normalized spacial score (nSPS) is 13.1. The number of hydrogen-bond donors (Lipinski definition) is 1. The van der Waals surface area contributed by atoms with Gasteiger partial charge in [-0.25, -0.2) is 9.59 Å². The SMILES string of the molecule is C=C(C)C(=O)OCCOc1cc(-c2ccc(C3CCCCC3)cc2)cc(OCCOC(=O)C(=C)C)c1-c1ccc(CCCO)cc1. The maximum absolute atomic E-state index is 12.0. The highest BCUT2D eigenvalue weighted by molar-refractivity contribution is 5.87. The molecule has 0 spiro atoms. The number of aliphatic hydroxyl groups is 1. The summed E-state index contributed by atoms with van der Waals surface area (Å²) in [6.45, 7) is 11.0. The summed E-state index contributed by atoms with van der Waals surface area (Å²) in [4.78, 5) is 23.9. The molecule has 1 fully saturated rings. The number of ether oxygens (including phenoxy) is 4. The zero-order chi connectivity index (χ0) is 32.9. The highest BCUT2D eigenvalue weighted by atomic mass is 16.6. The lowest BCUT2D eigenvalue weighted by molar-refractivity contribution is -0.140. The molecule has 244 valence electrons. The van der Waals surface area contributed by atoms with Gasteiger partial charge in [0, 0.05) is 17.8 Å². The Morgan fingerprint density at radius 2 is 1.24 bits per heavy atom. The van der Waals surface area contributed by atoms with Crippen molar-refractivity contribution in [2.24, 2.45) is 0 Å². The van der Waals surface area contributed by atoms with Crippen LogP contribution in [0, 0.1) is 0 Å². The van der Waals surface area contributed by atoms with E-state index in [2.05, 4.69) is 37.4 Å². The van der Waals surface area contributed by atoms with Crippen LogP contribution < -0.4 is 9.47 Å².